The number of nitrogens with one attached hydrogen (secondary N) is 1. The van der Waals surface area contributed by atoms with Crippen LogP contribution in [0.5, 0.6) is 11.5 Å². The van der Waals surface area contributed by atoms with Crippen LogP contribution in [-0.2, 0) is 6.61 Å². The smallest absolute Gasteiger partial charge is 0.489 e. The number of hydrogen-bond acceptors (Lipinski definition) is 5. The third-order valence-corrected chi connectivity index (χ3v) is 3.71. The van der Waals surface area contributed by atoms with Gasteiger partial charge < -0.3 is 14.8 Å². The molecule has 0 aliphatic carbocycles. The normalized spacial score (nSPS) is 11.1. The number of carbonyl (C=O) groups is 1. The summed E-state index contributed by atoms with van der Waals surface area (Å²) in [4.78, 5) is 15.9. The lowest BCUT2D eigenvalue weighted by molar-refractivity contribution is -0.274. The molecule has 0 saturated heterocycles. The van der Waals surface area contributed by atoms with Crippen molar-refractivity contribution < 1.29 is 27.4 Å². The Balaban J connectivity index is 1.90. The maximum absolute atomic E-state index is 12.2. The van der Waals surface area contributed by atoms with Crippen LogP contribution < -0.4 is 14.8 Å². The van der Waals surface area contributed by atoms with E-state index in [9.17, 15) is 18.0 Å². The van der Waals surface area contributed by atoms with Crippen LogP contribution in [0.3, 0.4) is 0 Å². The van der Waals surface area contributed by atoms with E-state index >= 15 is 0 Å². The van der Waals surface area contributed by atoms with E-state index < -0.39 is 6.36 Å². The van der Waals surface area contributed by atoms with Gasteiger partial charge in [0.1, 0.15) is 23.8 Å². The number of thioether (sulfide) groups is 1. The summed E-state index contributed by atoms with van der Waals surface area (Å²) in [6.45, 7) is 0.653. The number of amides is 1. The largest absolute Gasteiger partial charge is 0.573 e. The van der Waals surface area contributed by atoms with Crippen LogP contribution in [0.1, 0.15) is 16.1 Å². The fraction of sp³-hybridized carbons (Fsp3) is 0.294. The quantitative estimate of drug-likeness (QED) is 0.702. The highest BCUT2D eigenvalue weighted by Crippen LogP contribution is 2.26. The van der Waals surface area contributed by atoms with E-state index in [0.717, 1.165) is 11.8 Å². The van der Waals surface area contributed by atoms with Gasteiger partial charge in [0.15, 0.2) is 0 Å². The minimum absolute atomic E-state index is 0.0941. The molecule has 9 heteroatoms. The highest BCUT2D eigenvalue weighted by molar-refractivity contribution is 7.98. The number of carbonyl (C=O) groups excluding carboxylic acids is 1. The Morgan fingerprint density at radius 1 is 1.23 bits per heavy atom. The number of rotatable bonds is 8. The summed E-state index contributed by atoms with van der Waals surface area (Å²) in [5, 5.41) is 2.74. The molecule has 0 spiro atoms. The van der Waals surface area contributed by atoms with Gasteiger partial charge >= 0.3 is 6.36 Å². The number of nitrogens with zero attached hydrogens (tertiary/aromatic N) is 1. The molecule has 2 aromatic rings. The summed E-state index contributed by atoms with van der Waals surface area (Å²) in [5.74, 6) is 0.425. The number of pyridine rings is 1. The Hall–Kier alpha value is -2.42. The van der Waals surface area contributed by atoms with Crippen LogP contribution >= 0.6 is 11.8 Å². The predicted octanol–water partition coefficient (Wildman–Crippen LogP) is 3.65. The van der Waals surface area contributed by atoms with Crippen LogP contribution in [0.4, 0.5) is 13.2 Å². The first-order valence-corrected chi connectivity index (χ1v) is 8.97. The molecule has 1 aromatic heterocycles. The number of aromatic nitrogens is 1. The first-order chi connectivity index (χ1) is 12.4. The van der Waals surface area contributed by atoms with Crippen molar-refractivity contribution in [2.75, 3.05) is 18.6 Å². The SMILES string of the molecule is CSCCNC(=O)c1ccc(COc2cccc(OC(F)(F)F)c2)cn1. The van der Waals surface area contributed by atoms with Crippen molar-refractivity contribution >= 4 is 17.7 Å². The second kappa shape index (κ2) is 9.33. The molecule has 1 heterocycles. The van der Waals surface area contributed by atoms with Gasteiger partial charge in [-0.1, -0.05) is 12.1 Å². The van der Waals surface area contributed by atoms with Crippen LogP contribution in [-0.4, -0.2) is 35.8 Å². The Morgan fingerprint density at radius 2 is 2.00 bits per heavy atom. The molecule has 0 radical (unpaired) electrons. The molecule has 26 heavy (non-hydrogen) atoms. The molecule has 0 bridgehead atoms. The fourth-order valence-electron chi connectivity index (χ4n) is 1.93. The van der Waals surface area contributed by atoms with E-state index in [1.54, 1.807) is 23.9 Å². The van der Waals surface area contributed by atoms with E-state index in [4.69, 9.17) is 4.74 Å². The Bertz CT molecular complexity index is 724. The Labute approximate surface area is 152 Å². The monoisotopic (exact) mass is 386 g/mol. The van der Waals surface area contributed by atoms with E-state index in [1.807, 2.05) is 6.26 Å². The lowest BCUT2D eigenvalue weighted by Crippen LogP contribution is -2.26. The van der Waals surface area contributed by atoms with Gasteiger partial charge in [-0.25, -0.2) is 0 Å². The minimum atomic E-state index is -4.76. The van der Waals surface area contributed by atoms with Crippen molar-refractivity contribution in [1.82, 2.24) is 10.3 Å². The van der Waals surface area contributed by atoms with E-state index in [0.29, 0.717) is 12.1 Å². The second-order valence-corrected chi connectivity index (χ2v) is 6.10. The average Bonchev–Trinajstić information content (AvgIpc) is 2.59. The predicted molar refractivity (Wildman–Crippen MR) is 92.4 cm³/mol. The number of ether oxygens (including phenoxy) is 2. The number of alkyl halides is 3. The first kappa shape index (κ1) is 19.9. The molecular weight excluding hydrogens is 369 g/mol. The van der Waals surface area contributed by atoms with Gasteiger partial charge in [-0.15, -0.1) is 13.2 Å². The molecule has 2 rings (SSSR count). The lowest BCUT2D eigenvalue weighted by Gasteiger charge is -2.11. The zero-order valence-corrected chi connectivity index (χ0v) is 14.7. The maximum Gasteiger partial charge on any atom is 0.573 e. The van der Waals surface area contributed by atoms with Crippen molar-refractivity contribution in [1.29, 1.82) is 0 Å². The number of hydrogen-bond donors (Lipinski definition) is 1. The van der Waals surface area contributed by atoms with Gasteiger partial charge in [-0.3, -0.25) is 9.78 Å². The highest BCUT2D eigenvalue weighted by Gasteiger charge is 2.31. The minimum Gasteiger partial charge on any atom is -0.489 e. The topological polar surface area (TPSA) is 60.5 Å². The molecule has 140 valence electrons. The van der Waals surface area contributed by atoms with Crippen LogP contribution in [0.25, 0.3) is 0 Å². The van der Waals surface area contributed by atoms with Crippen LogP contribution in [0.2, 0.25) is 0 Å². The molecule has 1 aromatic carbocycles. The van der Waals surface area contributed by atoms with Crippen molar-refractivity contribution in [3.05, 3.63) is 53.9 Å². The van der Waals surface area contributed by atoms with Gasteiger partial charge in [-0.2, -0.15) is 11.8 Å². The lowest BCUT2D eigenvalue weighted by atomic mass is 10.2. The second-order valence-electron chi connectivity index (χ2n) is 5.11. The van der Waals surface area contributed by atoms with E-state index in [-0.39, 0.29) is 29.7 Å². The van der Waals surface area contributed by atoms with E-state index in [1.165, 1.54) is 24.4 Å². The fourth-order valence-corrected chi connectivity index (χ4v) is 2.24. The number of benzene rings is 1. The molecule has 1 N–H and O–H groups in total. The zero-order valence-electron chi connectivity index (χ0n) is 13.9. The molecule has 0 atom stereocenters. The summed E-state index contributed by atoms with van der Waals surface area (Å²) in [7, 11) is 0. The summed E-state index contributed by atoms with van der Waals surface area (Å²) in [6, 6.07) is 8.49. The molecular formula is C17H17F3N2O3S. The number of halogens is 3. The molecule has 0 fully saturated rings. The van der Waals surface area contributed by atoms with Crippen LogP contribution in [0.15, 0.2) is 42.6 Å². The molecule has 0 unspecified atom stereocenters. The summed E-state index contributed by atoms with van der Waals surface area (Å²) in [6.07, 6.45) is -1.32. The van der Waals surface area contributed by atoms with Crippen molar-refractivity contribution in [3.8, 4) is 11.5 Å². The molecule has 0 aliphatic heterocycles. The molecule has 5 nitrogen and oxygen atoms in total. The molecule has 0 aliphatic rings. The zero-order chi connectivity index (χ0) is 19.0. The first-order valence-electron chi connectivity index (χ1n) is 7.58. The van der Waals surface area contributed by atoms with Gasteiger partial charge in [0.2, 0.25) is 0 Å². The third-order valence-electron chi connectivity index (χ3n) is 3.09. The van der Waals surface area contributed by atoms with Crippen LogP contribution in [0, 0.1) is 0 Å². The van der Waals surface area contributed by atoms with Crippen molar-refractivity contribution in [3.63, 3.8) is 0 Å². The van der Waals surface area contributed by atoms with E-state index in [2.05, 4.69) is 15.0 Å². The van der Waals surface area contributed by atoms with Gasteiger partial charge in [0.25, 0.3) is 5.91 Å². The summed E-state index contributed by atoms with van der Waals surface area (Å²) < 4.78 is 45.9. The van der Waals surface area contributed by atoms with Crippen molar-refractivity contribution in [2.24, 2.45) is 0 Å². The average molecular weight is 386 g/mol. The van der Waals surface area contributed by atoms with Crippen molar-refractivity contribution in [2.45, 2.75) is 13.0 Å². The third kappa shape index (κ3) is 6.83. The molecule has 0 saturated carbocycles. The molecule has 1 amide bonds. The van der Waals surface area contributed by atoms with Gasteiger partial charge in [0, 0.05) is 30.1 Å². The maximum atomic E-state index is 12.2. The summed E-state index contributed by atoms with van der Waals surface area (Å²) in [5.41, 5.74) is 0.961. The van der Waals surface area contributed by atoms with Gasteiger partial charge in [0.05, 0.1) is 0 Å². The highest BCUT2D eigenvalue weighted by atomic mass is 32.2. The summed E-state index contributed by atoms with van der Waals surface area (Å²) >= 11 is 1.63. The Morgan fingerprint density at radius 3 is 2.65 bits per heavy atom. The Kier molecular flexibility index (Phi) is 7.14. The standard InChI is InChI=1S/C17H17F3N2O3S/c1-26-8-7-21-16(23)15-6-5-12(10-22-15)11-24-13-3-2-4-14(9-13)25-17(18,19)20/h2-6,9-10H,7-8,11H2,1H3,(H,21,23). The van der Waals surface area contributed by atoms with Gasteiger partial charge in [-0.05, 0) is 24.5 Å².